The fourth-order valence-electron chi connectivity index (χ4n) is 6.21. The highest BCUT2D eigenvalue weighted by Gasteiger charge is 2.79. The maximum absolute atomic E-state index is 12.6. The quantitative estimate of drug-likeness (QED) is 0.646. The molecule has 1 aromatic rings. The molecule has 0 radical (unpaired) electrons. The first-order valence-electron chi connectivity index (χ1n) is 12.8. The minimum absolute atomic E-state index is 0.0637. The third kappa shape index (κ3) is 3.65. The summed E-state index contributed by atoms with van der Waals surface area (Å²) < 4.78 is 38.7. The number of hydrogen-bond acceptors (Lipinski definition) is 7. The molecule has 3 aliphatic rings. The minimum Gasteiger partial charge on any atom is -0.384 e. The van der Waals surface area contributed by atoms with Crippen LogP contribution in [0.1, 0.15) is 74.2 Å². The van der Waals surface area contributed by atoms with Crippen LogP contribution in [0, 0.1) is 17.8 Å². The molecule has 0 spiro atoms. The molecule has 0 bridgehead atoms. The molecule has 7 nitrogen and oxygen atoms in total. The molecule has 10 atom stereocenters. The van der Waals surface area contributed by atoms with E-state index in [2.05, 4.69) is 20.8 Å². The van der Waals surface area contributed by atoms with Gasteiger partial charge in [-0.15, -0.1) is 0 Å². The van der Waals surface area contributed by atoms with Crippen molar-refractivity contribution < 1.29 is 33.5 Å². The Bertz CT molecular complexity index is 923. The summed E-state index contributed by atoms with van der Waals surface area (Å²) in [4.78, 5) is 0. The van der Waals surface area contributed by atoms with Crippen LogP contribution in [0.15, 0.2) is 30.3 Å². The molecular formula is C28H44O7. The number of rotatable bonds is 4. The summed E-state index contributed by atoms with van der Waals surface area (Å²) in [5.41, 5.74) is -4.36. The predicted octanol–water partition coefficient (Wildman–Crippen LogP) is 4.82. The van der Waals surface area contributed by atoms with Crippen molar-refractivity contribution in [3.05, 3.63) is 35.9 Å². The van der Waals surface area contributed by atoms with E-state index in [4.69, 9.17) is 28.4 Å². The summed E-state index contributed by atoms with van der Waals surface area (Å²) in [5, 5.41) is 12.6. The summed E-state index contributed by atoms with van der Waals surface area (Å²) in [6.07, 6.45) is -0.665. The van der Waals surface area contributed by atoms with Gasteiger partial charge in [0.2, 0.25) is 0 Å². The van der Waals surface area contributed by atoms with Gasteiger partial charge in [0.15, 0.2) is 23.5 Å². The number of benzene rings is 1. The summed E-state index contributed by atoms with van der Waals surface area (Å²) in [6.45, 7) is 18.4. The van der Waals surface area contributed by atoms with Gasteiger partial charge in [0.25, 0.3) is 0 Å². The molecule has 3 heterocycles. The smallest absolute Gasteiger partial charge is 0.198 e. The molecule has 0 aliphatic carbocycles. The lowest BCUT2D eigenvalue weighted by molar-refractivity contribution is -0.516. The van der Waals surface area contributed by atoms with Crippen LogP contribution in [0.4, 0.5) is 0 Å². The molecule has 3 saturated heterocycles. The molecular weight excluding hydrogens is 448 g/mol. The van der Waals surface area contributed by atoms with Gasteiger partial charge in [0, 0.05) is 18.6 Å². The van der Waals surface area contributed by atoms with Crippen molar-refractivity contribution in [1.82, 2.24) is 0 Å². The molecule has 3 fully saturated rings. The fraction of sp³-hybridized carbons (Fsp3) is 0.786. The van der Waals surface area contributed by atoms with Gasteiger partial charge in [-0.1, -0.05) is 51.1 Å². The van der Waals surface area contributed by atoms with Gasteiger partial charge in [0.05, 0.1) is 13.2 Å². The molecule has 1 N–H and O–H groups in total. The van der Waals surface area contributed by atoms with E-state index < -0.39 is 40.3 Å². The Morgan fingerprint density at radius 1 is 0.971 bits per heavy atom. The number of fused-ring (bicyclic) bond motifs is 1. The largest absolute Gasteiger partial charge is 0.384 e. The van der Waals surface area contributed by atoms with Gasteiger partial charge in [-0.05, 0) is 53.4 Å². The lowest BCUT2D eigenvalue weighted by Gasteiger charge is -2.70. The van der Waals surface area contributed by atoms with Crippen molar-refractivity contribution in [1.29, 1.82) is 0 Å². The van der Waals surface area contributed by atoms with Crippen LogP contribution in [0.5, 0.6) is 0 Å². The van der Waals surface area contributed by atoms with E-state index in [-0.39, 0.29) is 12.5 Å². The highest BCUT2D eigenvalue weighted by atomic mass is 16.8. The third-order valence-electron chi connectivity index (χ3n) is 10.0. The second kappa shape index (κ2) is 8.48. The number of hydrogen-bond donors (Lipinski definition) is 1. The van der Waals surface area contributed by atoms with Gasteiger partial charge >= 0.3 is 0 Å². The van der Waals surface area contributed by atoms with Crippen molar-refractivity contribution in [2.24, 2.45) is 17.8 Å². The Balaban J connectivity index is 1.79. The summed E-state index contributed by atoms with van der Waals surface area (Å²) in [5.74, 6) is -1.48. The Morgan fingerprint density at radius 3 is 2.20 bits per heavy atom. The van der Waals surface area contributed by atoms with Crippen molar-refractivity contribution >= 4 is 0 Å². The van der Waals surface area contributed by atoms with Gasteiger partial charge in [-0.3, -0.25) is 0 Å². The van der Waals surface area contributed by atoms with E-state index in [1.807, 2.05) is 58.0 Å². The summed E-state index contributed by atoms with van der Waals surface area (Å²) >= 11 is 0. The summed E-state index contributed by atoms with van der Waals surface area (Å²) in [6, 6.07) is 9.72. The van der Waals surface area contributed by atoms with Crippen molar-refractivity contribution in [2.75, 3.05) is 20.3 Å². The first-order valence-corrected chi connectivity index (χ1v) is 12.8. The zero-order valence-electron chi connectivity index (χ0n) is 23.0. The van der Waals surface area contributed by atoms with E-state index in [0.29, 0.717) is 18.4 Å². The van der Waals surface area contributed by atoms with Gasteiger partial charge in [-0.25, -0.2) is 0 Å². The van der Waals surface area contributed by atoms with Crippen LogP contribution in [-0.2, 0) is 28.4 Å². The first kappa shape index (κ1) is 27.0. The molecule has 1 aromatic carbocycles. The van der Waals surface area contributed by atoms with Crippen LogP contribution in [0.3, 0.4) is 0 Å². The lowest BCUT2D eigenvalue weighted by atomic mass is 9.60. The first-order chi connectivity index (χ1) is 16.1. The SMILES string of the molecule is CO[C@@]1(C)OC2(C)COC(c3ccccc3)O[C@@]2(C)C(C)(O)C1(C)O[C@]1(C)OC[C@H](C)C(C)C1C. The Labute approximate surface area is 210 Å². The molecule has 0 saturated carbocycles. The number of aliphatic hydroxyl groups is 1. The molecule has 4 rings (SSSR count). The molecule has 6 unspecified atom stereocenters. The van der Waals surface area contributed by atoms with Crippen molar-refractivity contribution in [2.45, 2.75) is 103 Å². The summed E-state index contributed by atoms with van der Waals surface area (Å²) in [7, 11) is 1.57. The Hall–Kier alpha value is -1.06. The number of methoxy groups -OCH3 is 1. The lowest BCUT2D eigenvalue weighted by Crippen LogP contribution is -2.87. The zero-order chi connectivity index (χ0) is 26.1. The monoisotopic (exact) mass is 492 g/mol. The van der Waals surface area contributed by atoms with E-state index in [1.165, 1.54) is 0 Å². The minimum atomic E-state index is -1.59. The van der Waals surface area contributed by atoms with Crippen molar-refractivity contribution in [3.63, 3.8) is 0 Å². The van der Waals surface area contributed by atoms with Gasteiger partial charge < -0.3 is 33.5 Å². The normalized spacial score (nSPS) is 52.7. The molecule has 7 heteroatoms. The number of ether oxygens (including phenoxy) is 6. The fourth-order valence-corrected chi connectivity index (χ4v) is 6.21. The van der Waals surface area contributed by atoms with E-state index in [9.17, 15) is 5.11 Å². The van der Waals surface area contributed by atoms with Crippen LogP contribution >= 0.6 is 0 Å². The van der Waals surface area contributed by atoms with Gasteiger partial charge in [-0.2, -0.15) is 0 Å². The molecule has 35 heavy (non-hydrogen) atoms. The second-order valence-electron chi connectivity index (χ2n) is 11.8. The standard InChI is InChI=1S/C28H44O7/c1-18-16-32-24(5,20(3)19(18)2)35-27(8)25(6,29)26(7)23(4,34-28(27,9)30-10)17-31-22(33-26)21-14-12-11-13-15-21/h11-15,18-20,22,29H,16-17H2,1-10H3/t18-,19?,20?,22?,23?,24-,25?,26+,27?,28-/m0/s1. The zero-order valence-corrected chi connectivity index (χ0v) is 23.0. The average Bonchev–Trinajstić information content (AvgIpc) is 2.82. The second-order valence-corrected chi connectivity index (χ2v) is 11.8. The topological polar surface area (TPSA) is 75.6 Å². The molecule has 0 amide bonds. The van der Waals surface area contributed by atoms with Crippen molar-refractivity contribution in [3.8, 4) is 0 Å². The van der Waals surface area contributed by atoms with Crippen LogP contribution in [0.2, 0.25) is 0 Å². The average molecular weight is 493 g/mol. The van der Waals surface area contributed by atoms with E-state index >= 15 is 0 Å². The van der Waals surface area contributed by atoms with Crippen LogP contribution in [-0.4, -0.2) is 59.4 Å². The van der Waals surface area contributed by atoms with Crippen LogP contribution in [0.25, 0.3) is 0 Å². The maximum Gasteiger partial charge on any atom is 0.198 e. The van der Waals surface area contributed by atoms with E-state index in [0.717, 1.165) is 5.56 Å². The Kier molecular flexibility index (Phi) is 6.54. The van der Waals surface area contributed by atoms with E-state index in [1.54, 1.807) is 21.0 Å². The Morgan fingerprint density at radius 2 is 1.60 bits per heavy atom. The predicted molar refractivity (Wildman–Crippen MR) is 131 cm³/mol. The third-order valence-corrected chi connectivity index (χ3v) is 10.0. The highest BCUT2D eigenvalue weighted by Crippen LogP contribution is 2.61. The molecule has 0 aromatic heterocycles. The highest BCUT2D eigenvalue weighted by molar-refractivity contribution is 5.26. The maximum atomic E-state index is 12.6. The molecule has 198 valence electrons. The van der Waals surface area contributed by atoms with Crippen LogP contribution < -0.4 is 0 Å². The molecule has 3 aliphatic heterocycles. The van der Waals surface area contributed by atoms with Gasteiger partial charge in [0.1, 0.15) is 16.8 Å².